The van der Waals surface area contributed by atoms with Gasteiger partial charge < -0.3 is 14.7 Å². The number of hydrogen-bond donors (Lipinski definition) is 1. The molecule has 0 aromatic heterocycles. The summed E-state index contributed by atoms with van der Waals surface area (Å²) in [5.74, 6) is -0.620. The van der Waals surface area contributed by atoms with Crippen molar-refractivity contribution in [3.8, 4) is 16.9 Å². The van der Waals surface area contributed by atoms with Crippen molar-refractivity contribution >= 4 is 11.9 Å². The molecule has 0 saturated heterocycles. The topological polar surface area (TPSA) is 66.8 Å². The molecule has 1 N–H and O–H groups in total. The Balaban J connectivity index is 1.52. The summed E-state index contributed by atoms with van der Waals surface area (Å²) in [6, 6.07) is 33.3. The molecule has 0 fully saturated rings. The SMILES string of the molecule is O=C(O)COc1ccccc1CN(C(=O)c1ccccc1-c1ccccc1)C1Cc2ccccc2C1. The Morgan fingerprint density at radius 1 is 0.778 bits per heavy atom. The fourth-order valence-corrected chi connectivity index (χ4v) is 4.91. The van der Waals surface area contributed by atoms with Crippen molar-refractivity contribution < 1.29 is 19.4 Å². The number of carboxylic acids is 1. The summed E-state index contributed by atoms with van der Waals surface area (Å²) < 4.78 is 5.56. The molecule has 5 heteroatoms. The monoisotopic (exact) mass is 477 g/mol. The highest BCUT2D eigenvalue weighted by Gasteiger charge is 2.32. The first-order chi connectivity index (χ1) is 17.6. The van der Waals surface area contributed by atoms with Crippen LogP contribution in [0.4, 0.5) is 0 Å². The summed E-state index contributed by atoms with van der Waals surface area (Å²) in [5.41, 5.74) is 5.81. The van der Waals surface area contributed by atoms with E-state index in [4.69, 9.17) is 9.84 Å². The molecule has 0 unspecified atom stereocenters. The van der Waals surface area contributed by atoms with Gasteiger partial charge >= 0.3 is 5.97 Å². The summed E-state index contributed by atoms with van der Waals surface area (Å²) in [5, 5.41) is 9.11. The molecule has 0 radical (unpaired) electrons. The molecular formula is C31H27NO4. The normalized spacial score (nSPS) is 12.7. The Morgan fingerprint density at radius 2 is 1.39 bits per heavy atom. The minimum atomic E-state index is -1.04. The molecule has 0 spiro atoms. The lowest BCUT2D eigenvalue weighted by atomic mass is 9.97. The summed E-state index contributed by atoms with van der Waals surface area (Å²) >= 11 is 0. The molecule has 1 aliphatic carbocycles. The molecule has 1 aliphatic rings. The fourth-order valence-electron chi connectivity index (χ4n) is 4.91. The number of fused-ring (bicyclic) bond motifs is 1. The van der Waals surface area contributed by atoms with Gasteiger partial charge in [-0.05, 0) is 47.2 Å². The molecular weight excluding hydrogens is 450 g/mol. The highest BCUT2D eigenvalue weighted by atomic mass is 16.5. The van der Waals surface area contributed by atoms with Crippen LogP contribution in [0.3, 0.4) is 0 Å². The molecule has 0 bridgehead atoms. The molecule has 4 aromatic carbocycles. The van der Waals surface area contributed by atoms with E-state index < -0.39 is 12.6 Å². The molecule has 0 atom stereocenters. The number of carboxylic acid groups (broad SMARTS) is 1. The van der Waals surface area contributed by atoms with Crippen molar-refractivity contribution in [2.75, 3.05) is 6.61 Å². The van der Waals surface area contributed by atoms with Gasteiger partial charge in [0.15, 0.2) is 6.61 Å². The minimum Gasteiger partial charge on any atom is -0.482 e. The van der Waals surface area contributed by atoms with Gasteiger partial charge in [-0.2, -0.15) is 0 Å². The van der Waals surface area contributed by atoms with Gasteiger partial charge in [0, 0.05) is 23.7 Å². The third-order valence-electron chi connectivity index (χ3n) is 6.64. The predicted octanol–water partition coefficient (Wildman–Crippen LogP) is 5.63. The molecule has 180 valence electrons. The third kappa shape index (κ3) is 5.01. The van der Waals surface area contributed by atoms with Crippen molar-refractivity contribution in [1.29, 1.82) is 0 Å². The van der Waals surface area contributed by atoms with E-state index in [-0.39, 0.29) is 11.9 Å². The van der Waals surface area contributed by atoms with Gasteiger partial charge in [-0.1, -0.05) is 91.0 Å². The number of carbonyl (C=O) groups is 2. The van der Waals surface area contributed by atoms with E-state index in [2.05, 4.69) is 12.1 Å². The lowest BCUT2D eigenvalue weighted by Gasteiger charge is -2.30. The van der Waals surface area contributed by atoms with Gasteiger partial charge in [-0.25, -0.2) is 4.79 Å². The third-order valence-corrected chi connectivity index (χ3v) is 6.64. The van der Waals surface area contributed by atoms with E-state index in [0.29, 0.717) is 17.9 Å². The van der Waals surface area contributed by atoms with Crippen LogP contribution >= 0.6 is 0 Å². The smallest absolute Gasteiger partial charge is 0.341 e. The number of ether oxygens (including phenoxy) is 1. The van der Waals surface area contributed by atoms with E-state index in [1.807, 2.05) is 89.8 Å². The molecule has 0 aliphatic heterocycles. The van der Waals surface area contributed by atoms with Crippen LogP contribution in [0.15, 0.2) is 103 Å². The van der Waals surface area contributed by atoms with Crippen LogP contribution in [-0.2, 0) is 24.2 Å². The summed E-state index contributed by atoms with van der Waals surface area (Å²) in [6.07, 6.45) is 1.54. The van der Waals surface area contributed by atoms with E-state index >= 15 is 0 Å². The average molecular weight is 478 g/mol. The van der Waals surface area contributed by atoms with E-state index in [9.17, 15) is 9.59 Å². The van der Waals surface area contributed by atoms with Gasteiger partial charge in [0.1, 0.15) is 5.75 Å². The van der Waals surface area contributed by atoms with E-state index in [1.165, 1.54) is 11.1 Å². The van der Waals surface area contributed by atoms with Crippen LogP contribution in [0.2, 0.25) is 0 Å². The molecule has 0 heterocycles. The predicted molar refractivity (Wildman–Crippen MR) is 139 cm³/mol. The second-order valence-electron chi connectivity index (χ2n) is 8.97. The van der Waals surface area contributed by atoms with E-state index in [0.717, 1.165) is 29.5 Å². The molecule has 0 saturated carbocycles. The van der Waals surface area contributed by atoms with Crippen LogP contribution in [0, 0.1) is 0 Å². The molecule has 36 heavy (non-hydrogen) atoms. The molecule has 1 amide bonds. The highest BCUT2D eigenvalue weighted by Crippen LogP contribution is 2.32. The summed E-state index contributed by atoms with van der Waals surface area (Å²) in [6.45, 7) is -0.118. The quantitative estimate of drug-likeness (QED) is 0.357. The van der Waals surface area contributed by atoms with Gasteiger partial charge in [0.2, 0.25) is 0 Å². The maximum absolute atomic E-state index is 14.2. The zero-order valence-electron chi connectivity index (χ0n) is 19.8. The number of hydrogen-bond acceptors (Lipinski definition) is 3. The van der Waals surface area contributed by atoms with Crippen molar-refractivity contribution in [2.24, 2.45) is 0 Å². The van der Waals surface area contributed by atoms with Crippen LogP contribution in [0.25, 0.3) is 11.1 Å². The number of amides is 1. The van der Waals surface area contributed by atoms with Gasteiger partial charge in [-0.3, -0.25) is 4.79 Å². The number of carbonyl (C=O) groups excluding carboxylic acids is 1. The maximum Gasteiger partial charge on any atom is 0.341 e. The molecule has 5 rings (SSSR count). The van der Waals surface area contributed by atoms with Crippen LogP contribution < -0.4 is 4.74 Å². The zero-order valence-corrected chi connectivity index (χ0v) is 19.8. The lowest BCUT2D eigenvalue weighted by molar-refractivity contribution is -0.139. The Morgan fingerprint density at radius 3 is 2.11 bits per heavy atom. The largest absolute Gasteiger partial charge is 0.482 e. The number of rotatable bonds is 8. The average Bonchev–Trinajstić information content (AvgIpc) is 3.35. The molecule has 4 aromatic rings. The first kappa shape index (κ1) is 23.4. The molecule has 5 nitrogen and oxygen atoms in total. The Labute approximate surface area is 210 Å². The van der Waals surface area contributed by atoms with Crippen molar-refractivity contribution in [2.45, 2.75) is 25.4 Å². The van der Waals surface area contributed by atoms with E-state index in [1.54, 1.807) is 6.07 Å². The number of benzene rings is 4. The second kappa shape index (κ2) is 10.5. The Bertz CT molecular complexity index is 1360. The van der Waals surface area contributed by atoms with Crippen LogP contribution in [-0.4, -0.2) is 34.5 Å². The maximum atomic E-state index is 14.2. The van der Waals surface area contributed by atoms with Crippen molar-refractivity contribution in [1.82, 2.24) is 4.90 Å². The Kier molecular flexibility index (Phi) is 6.80. The lowest BCUT2D eigenvalue weighted by Crippen LogP contribution is -2.40. The number of aliphatic carboxylic acids is 1. The van der Waals surface area contributed by atoms with Crippen LogP contribution in [0.5, 0.6) is 5.75 Å². The first-order valence-electron chi connectivity index (χ1n) is 12.0. The zero-order chi connectivity index (χ0) is 24.9. The first-order valence-corrected chi connectivity index (χ1v) is 12.0. The summed E-state index contributed by atoms with van der Waals surface area (Å²) in [7, 11) is 0. The van der Waals surface area contributed by atoms with Gasteiger partial charge in [-0.15, -0.1) is 0 Å². The number of para-hydroxylation sites is 1. The van der Waals surface area contributed by atoms with Crippen molar-refractivity contribution in [3.63, 3.8) is 0 Å². The van der Waals surface area contributed by atoms with Crippen LogP contribution in [0.1, 0.15) is 27.0 Å². The second-order valence-corrected chi connectivity index (χ2v) is 8.97. The number of nitrogens with zero attached hydrogens (tertiary/aromatic N) is 1. The fraction of sp³-hybridized carbons (Fsp3) is 0.161. The standard InChI is InChI=1S/C31H27NO4/c33-30(34)21-36-29-17-9-6-14-25(29)20-32(26-18-23-12-4-5-13-24(23)19-26)31(35)28-16-8-7-15-27(28)22-10-2-1-3-11-22/h1-17,26H,18-21H2,(H,33,34). The van der Waals surface area contributed by atoms with Gasteiger partial charge in [0.05, 0.1) is 0 Å². The Hall–Kier alpha value is -4.38. The minimum absolute atomic E-state index is 0.0220. The van der Waals surface area contributed by atoms with Gasteiger partial charge in [0.25, 0.3) is 5.91 Å². The summed E-state index contributed by atoms with van der Waals surface area (Å²) in [4.78, 5) is 27.3. The highest BCUT2D eigenvalue weighted by molar-refractivity contribution is 6.01. The van der Waals surface area contributed by atoms with Crippen molar-refractivity contribution in [3.05, 3.63) is 125 Å².